The first-order valence-corrected chi connectivity index (χ1v) is 14.7. The lowest BCUT2D eigenvalue weighted by molar-refractivity contribution is 0.416. The number of aromatic nitrogens is 2. The third-order valence-corrected chi connectivity index (χ3v) is 8.93. The molecule has 3 heterocycles. The van der Waals surface area contributed by atoms with Crippen LogP contribution >= 0.6 is 22.7 Å². The van der Waals surface area contributed by atoms with E-state index >= 15 is 0 Å². The minimum Gasteiger partial charge on any atom is -0.496 e. The van der Waals surface area contributed by atoms with Crippen molar-refractivity contribution in [3.05, 3.63) is 75.6 Å². The van der Waals surface area contributed by atoms with Crippen molar-refractivity contribution >= 4 is 43.8 Å². The molecular formula is C25H24N4O4S3. The van der Waals surface area contributed by atoms with Crippen LogP contribution in [0.15, 0.2) is 59.3 Å². The summed E-state index contributed by atoms with van der Waals surface area (Å²) in [5.74, 6) is 1.38. The maximum atomic E-state index is 11.1. The van der Waals surface area contributed by atoms with E-state index in [1.807, 2.05) is 36.4 Å². The summed E-state index contributed by atoms with van der Waals surface area (Å²) < 4.78 is 38.9. The average Bonchev–Trinajstić information content (AvgIpc) is 3.72. The fraction of sp³-hybridized carbons (Fsp3) is 0.280. The van der Waals surface area contributed by atoms with Gasteiger partial charge in [-0.3, -0.25) is 9.27 Å². The summed E-state index contributed by atoms with van der Waals surface area (Å²) >= 11 is 3.34. The first-order valence-electron chi connectivity index (χ1n) is 11.5. The van der Waals surface area contributed by atoms with Crippen LogP contribution in [-0.2, 0) is 22.3 Å². The zero-order valence-electron chi connectivity index (χ0n) is 19.4. The van der Waals surface area contributed by atoms with Crippen LogP contribution in [-0.4, -0.2) is 36.6 Å². The Morgan fingerprint density at radius 2 is 1.89 bits per heavy atom. The summed E-state index contributed by atoms with van der Waals surface area (Å²) in [5, 5.41) is 6.37. The number of methoxy groups -OCH3 is 1. The van der Waals surface area contributed by atoms with Gasteiger partial charge in [0.05, 0.1) is 35.7 Å². The van der Waals surface area contributed by atoms with E-state index in [2.05, 4.69) is 20.4 Å². The van der Waals surface area contributed by atoms with E-state index in [1.165, 1.54) is 17.8 Å². The molecule has 2 aliphatic rings. The molecule has 0 amide bonds. The summed E-state index contributed by atoms with van der Waals surface area (Å²) in [7, 11) is -2.64. The van der Waals surface area contributed by atoms with Gasteiger partial charge in [0.15, 0.2) is 5.13 Å². The Morgan fingerprint density at radius 3 is 2.61 bits per heavy atom. The smallest absolute Gasteiger partial charge is 0.357 e. The second kappa shape index (κ2) is 8.84. The Hall–Kier alpha value is -2.99. The highest BCUT2D eigenvalue weighted by atomic mass is 32.2. The normalized spacial score (nSPS) is 19.3. The van der Waals surface area contributed by atoms with Crippen LogP contribution < -0.4 is 14.4 Å². The minimum atomic E-state index is -4.31. The van der Waals surface area contributed by atoms with Crippen molar-refractivity contribution in [2.45, 2.75) is 30.7 Å². The molecule has 1 aliphatic heterocycles. The molecule has 2 fully saturated rings. The standard InChI is InChI=1S/C25H24N4O4S3/c1-33-21-5-3-2-4-19(21)20-13-35-24(26-20)29-15-25(29,22-14-34-23(27-22)17-8-9-17)12-16-6-10-18(11-7-16)28-36(30,31)32/h2-7,10-11,13-14,17,28H,8-9,12,15H2,1H3,(H,30,31,32). The summed E-state index contributed by atoms with van der Waals surface area (Å²) in [6, 6.07) is 14.9. The predicted octanol–water partition coefficient (Wildman–Crippen LogP) is 5.33. The van der Waals surface area contributed by atoms with Gasteiger partial charge in [0.2, 0.25) is 0 Å². The molecule has 1 saturated carbocycles. The average molecular weight is 541 g/mol. The van der Waals surface area contributed by atoms with Crippen molar-refractivity contribution in [3.8, 4) is 17.0 Å². The van der Waals surface area contributed by atoms with Crippen LogP contribution in [0.2, 0.25) is 0 Å². The molecule has 0 bridgehead atoms. The fourth-order valence-electron chi connectivity index (χ4n) is 4.50. The van der Waals surface area contributed by atoms with Gasteiger partial charge in [0.25, 0.3) is 0 Å². The number of benzene rings is 2. The Bertz CT molecular complexity index is 1510. The maximum absolute atomic E-state index is 11.1. The fourth-order valence-corrected chi connectivity index (χ4v) is 6.93. The molecule has 0 radical (unpaired) electrons. The van der Waals surface area contributed by atoms with Crippen LogP contribution in [0.4, 0.5) is 10.8 Å². The van der Waals surface area contributed by atoms with E-state index in [0.29, 0.717) is 18.0 Å². The second-order valence-electron chi connectivity index (χ2n) is 9.13. The molecule has 1 atom stereocenters. The Kier molecular flexibility index (Phi) is 5.75. The van der Waals surface area contributed by atoms with Gasteiger partial charge >= 0.3 is 10.3 Å². The molecule has 8 nitrogen and oxygen atoms in total. The van der Waals surface area contributed by atoms with E-state index < -0.39 is 10.3 Å². The highest BCUT2D eigenvalue weighted by molar-refractivity contribution is 7.87. The zero-order valence-corrected chi connectivity index (χ0v) is 21.9. The van der Waals surface area contributed by atoms with E-state index in [4.69, 9.17) is 19.3 Å². The van der Waals surface area contributed by atoms with E-state index in [9.17, 15) is 8.42 Å². The molecule has 11 heteroatoms. The van der Waals surface area contributed by atoms with Crippen LogP contribution in [0.3, 0.4) is 0 Å². The van der Waals surface area contributed by atoms with Crippen molar-refractivity contribution in [2.24, 2.45) is 0 Å². The molecule has 2 aromatic carbocycles. The number of thiazole rings is 2. The monoisotopic (exact) mass is 540 g/mol. The van der Waals surface area contributed by atoms with Crippen LogP contribution in [0.5, 0.6) is 5.75 Å². The van der Waals surface area contributed by atoms with Gasteiger partial charge in [0.1, 0.15) is 11.3 Å². The molecule has 2 aromatic heterocycles. The molecule has 186 valence electrons. The minimum absolute atomic E-state index is 0.308. The molecule has 2 N–H and O–H groups in total. The lowest BCUT2D eigenvalue weighted by Crippen LogP contribution is -2.20. The van der Waals surface area contributed by atoms with Crippen molar-refractivity contribution in [1.82, 2.24) is 9.97 Å². The van der Waals surface area contributed by atoms with Gasteiger partial charge < -0.3 is 9.64 Å². The molecule has 1 unspecified atom stereocenters. The number of para-hydroxylation sites is 1. The first-order chi connectivity index (χ1) is 17.3. The molecule has 4 aromatic rings. The van der Waals surface area contributed by atoms with Gasteiger partial charge in [-0.25, -0.2) is 9.97 Å². The Morgan fingerprint density at radius 1 is 1.11 bits per heavy atom. The van der Waals surface area contributed by atoms with E-state index in [0.717, 1.165) is 39.9 Å². The van der Waals surface area contributed by atoms with Crippen molar-refractivity contribution in [1.29, 1.82) is 0 Å². The van der Waals surface area contributed by atoms with Crippen molar-refractivity contribution in [3.63, 3.8) is 0 Å². The Labute approximate surface area is 217 Å². The number of nitrogens with zero attached hydrogens (tertiary/aromatic N) is 3. The quantitative estimate of drug-likeness (QED) is 0.219. The van der Waals surface area contributed by atoms with E-state index in [-0.39, 0.29) is 5.54 Å². The third kappa shape index (κ3) is 4.59. The van der Waals surface area contributed by atoms with Crippen molar-refractivity contribution < 1.29 is 17.7 Å². The summed E-state index contributed by atoms with van der Waals surface area (Å²) in [4.78, 5) is 12.3. The predicted molar refractivity (Wildman–Crippen MR) is 143 cm³/mol. The molecular weight excluding hydrogens is 517 g/mol. The molecule has 1 aliphatic carbocycles. The lowest BCUT2D eigenvalue weighted by atomic mass is 9.96. The van der Waals surface area contributed by atoms with Crippen LogP contribution in [0, 0.1) is 0 Å². The number of nitrogens with one attached hydrogen (secondary N) is 1. The Balaban J connectivity index is 1.30. The zero-order chi connectivity index (χ0) is 24.9. The van der Waals surface area contributed by atoms with Crippen molar-refractivity contribution in [2.75, 3.05) is 23.3 Å². The second-order valence-corrected chi connectivity index (χ2v) is 12.0. The number of anilines is 2. The molecule has 6 rings (SSSR count). The number of rotatable bonds is 9. The molecule has 1 saturated heterocycles. The van der Waals surface area contributed by atoms with Gasteiger partial charge in [-0.2, -0.15) is 8.42 Å². The van der Waals surface area contributed by atoms with Gasteiger partial charge in [-0.05, 0) is 42.7 Å². The topological polar surface area (TPSA) is 104 Å². The van der Waals surface area contributed by atoms with Gasteiger partial charge in [0, 0.05) is 28.7 Å². The van der Waals surface area contributed by atoms with Crippen LogP contribution in [0.1, 0.15) is 35.0 Å². The largest absolute Gasteiger partial charge is 0.496 e. The van der Waals surface area contributed by atoms with Crippen LogP contribution in [0.25, 0.3) is 11.3 Å². The highest BCUT2D eigenvalue weighted by Gasteiger charge is 2.56. The molecule has 36 heavy (non-hydrogen) atoms. The molecule has 0 spiro atoms. The van der Waals surface area contributed by atoms with Gasteiger partial charge in [-0.1, -0.05) is 24.3 Å². The third-order valence-electron chi connectivity index (χ3n) is 6.56. The summed E-state index contributed by atoms with van der Waals surface area (Å²) in [5.41, 5.74) is 3.95. The lowest BCUT2D eigenvalue weighted by Gasteiger charge is -2.16. The highest BCUT2D eigenvalue weighted by Crippen LogP contribution is 2.52. The number of hydrogen-bond acceptors (Lipinski definition) is 8. The number of hydrogen-bond donors (Lipinski definition) is 2. The summed E-state index contributed by atoms with van der Waals surface area (Å²) in [6.07, 6.45) is 3.12. The van der Waals surface area contributed by atoms with Gasteiger partial charge in [-0.15, -0.1) is 22.7 Å². The first kappa shape index (κ1) is 23.4. The summed E-state index contributed by atoms with van der Waals surface area (Å²) in [6.45, 7) is 0.796. The maximum Gasteiger partial charge on any atom is 0.357 e. The number of ether oxygens (including phenoxy) is 1. The van der Waals surface area contributed by atoms with E-state index in [1.54, 1.807) is 41.9 Å². The SMILES string of the molecule is COc1ccccc1-c1csc(N2CC2(Cc2ccc(NS(=O)(=O)O)cc2)c2csc(C3CC3)n2)n1.